The third-order valence-corrected chi connectivity index (χ3v) is 6.35. The van der Waals surface area contributed by atoms with E-state index in [4.69, 9.17) is 4.74 Å². The molecule has 116 valence electrons. The molecule has 1 aliphatic carbocycles. The van der Waals surface area contributed by atoms with Crippen molar-refractivity contribution in [1.82, 2.24) is 10.2 Å². The number of nitrogens with zero attached hydrogens (tertiary/aromatic N) is 1. The lowest BCUT2D eigenvalue weighted by molar-refractivity contribution is -0.150. The highest BCUT2D eigenvalue weighted by atomic mass is 32.2. The first-order chi connectivity index (χ1) is 9.34. The smallest absolute Gasteiger partial charge is 0.327 e. The Bertz CT molecular complexity index is 475. The average molecular weight is 304 g/mol. The number of hydrogen-bond acceptors (Lipinski definition) is 6. The van der Waals surface area contributed by atoms with Gasteiger partial charge in [-0.3, -0.25) is 4.90 Å². The van der Waals surface area contributed by atoms with E-state index in [2.05, 4.69) is 5.32 Å². The minimum Gasteiger partial charge on any atom is -0.468 e. The quantitative estimate of drug-likeness (QED) is 0.676. The van der Waals surface area contributed by atoms with E-state index < -0.39 is 15.4 Å². The average Bonchev–Trinajstić information content (AvgIpc) is 3.19. The summed E-state index contributed by atoms with van der Waals surface area (Å²) >= 11 is 0. The fraction of sp³-hybridized carbons (Fsp3) is 0.923. The minimum absolute atomic E-state index is 0.00358. The van der Waals surface area contributed by atoms with Crippen LogP contribution < -0.4 is 5.32 Å². The molecular formula is C13H24N2O4S. The van der Waals surface area contributed by atoms with Crippen LogP contribution in [0.25, 0.3) is 0 Å². The summed E-state index contributed by atoms with van der Waals surface area (Å²) in [5.74, 6) is 0.460. The number of carbonyl (C=O) groups excluding carboxylic acids is 1. The molecule has 0 bridgehead atoms. The first kappa shape index (κ1) is 15.7. The molecule has 1 saturated carbocycles. The van der Waals surface area contributed by atoms with Crippen LogP contribution in [0.5, 0.6) is 0 Å². The van der Waals surface area contributed by atoms with Crippen molar-refractivity contribution >= 4 is 15.8 Å². The lowest BCUT2D eigenvalue weighted by Crippen LogP contribution is -2.60. The van der Waals surface area contributed by atoms with Gasteiger partial charge in [0.15, 0.2) is 9.84 Å². The van der Waals surface area contributed by atoms with Crippen molar-refractivity contribution < 1.29 is 17.9 Å². The number of sulfone groups is 1. The largest absolute Gasteiger partial charge is 0.468 e. The summed E-state index contributed by atoms with van der Waals surface area (Å²) in [6.07, 6.45) is 2.66. The van der Waals surface area contributed by atoms with Crippen LogP contribution in [0.4, 0.5) is 0 Å². The molecule has 2 fully saturated rings. The summed E-state index contributed by atoms with van der Waals surface area (Å²) in [6, 6.07) is -0.00358. The zero-order chi connectivity index (χ0) is 15.0. The second-order valence-corrected chi connectivity index (χ2v) is 8.19. The third kappa shape index (κ3) is 2.99. The zero-order valence-corrected chi connectivity index (χ0v) is 13.2. The Hall–Kier alpha value is -0.660. The van der Waals surface area contributed by atoms with Crippen molar-refractivity contribution in [2.45, 2.75) is 30.8 Å². The topological polar surface area (TPSA) is 75.7 Å². The van der Waals surface area contributed by atoms with Crippen LogP contribution in [0, 0.1) is 5.92 Å². The molecule has 0 aromatic carbocycles. The molecule has 0 spiro atoms. The molecule has 2 aliphatic rings. The molecule has 7 heteroatoms. The molecule has 0 aromatic rings. The number of nitrogens with one attached hydrogen (secondary N) is 1. The highest BCUT2D eigenvalue weighted by Gasteiger charge is 2.52. The van der Waals surface area contributed by atoms with E-state index in [1.165, 1.54) is 7.11 Å². The molecule has 20 heavy (non-hydrogen) atoms. The summed E-state index contributed by atoms with van der Waals surface area (Å²) in [7, 11) is 2.15. The number of ether oxygens (including phenoxy) is 1. The van der Waals surface area contributed by atoms with Gasteiger partial charge in [0.05, 0.1) is 18.6 Å². The number of hydrogen-bond donors (Lipinski definition) is 1. The van der Waals surface area contributed by atoms with Crippen molar-refractivity contribution in [3.05, 3.63) is 0 Å². The Morgan fingerprint density at radius 2 is 2.05 bits per heavy atom. The number of rotatable bonds is 6. The van der Waals surface area contributed by atoms with Crippen molar-refractivity contribution in [1.29, 1.82) is 0 Å². The first-order valence-electron chi connectivity index (χ1n) is 7.02. The second kappa shape index (κ2) is 5.61. The maximum atomic E-state index is 12.2. The van der Waals surface area contributed by atoms with E-state index in [1.807, 2.05) is 11.9 Å². The molecule has 1 aliphatic heterocycles. The molecule has 0 radical (unpaired) electrons. The summed E-state index contributed by atoms with van der Waals surface area (Å²) in [5, 5.41) is 3.14. The molecule has 2 rings (SSSR count). The van der Waals surface area contributed by atoms with Gasteiger partial charge >= 0.3 is 5.97 Å². The molecule has 1 N–H and O–H groups in total. The lowest BCUT2D eigenvalue weighted by Gasteiger charge is -2.36. The number of carbonyl (C=O) groups is 1. The van der Waals surface area contributed by atoms with Crippen molar-refractivity contribution in [3.63, 3.8) is 0 Å². The van der Waals surface area contributed by atoms with Crippen LogP contribution in [0.3, 0.4) is 0 Å². The molecule has 0 amide bonds. The Morgan fingerprint density at radius 3 is 2.45 bits per heavy atom. The minimum atomic E-state index is -2.91. The summed E-state index contributed by atoms with van der Waals surface area (Å²) in [6.45, 7) is 0.487. The standard InChI is InChI=1S/C13H24N2O4S/c1-14-13(10-4-5-10,12(16)19-3)9-15(2)11-6-7-20(17,18)8-11/h10-11,14H,4-9H2,1-3H3. The Kier molecular flexibility index (Phi) is 4.41. The van der Waals surface area contributed by atoms with E-state index in [0.29, 0.717) is 13.0 Å². The summed E-state index contributed by atoms with van der Waals surface area (Å²) in [4.78, 5) is 14.2. The SMILES string of the molecule is CNC(CN(C)C1CCS(=O)(=O)C1)(C(=O)OC)C1CC1. The Balaban J connectivity index is 2.10. The van der Waals surface area contributed by atoms with Gasteiger partial charge in [-0.2, -0.15) is 0 Å². The maximum absolute atomic E-state index is 12.2. The van der Waals surface area contributed by atoms with Gasteiger partial charge in [-0.1, -0.05) is 0 Å². The predicted molar refractivity (Wildman–Crippen MR) is 76.2 cm³/mol. The van der Waals surface area contributed by atoms with Crippen LogP contribution >= 0.6 is 0 Å². The molecule has 1 heterocycles. The van der Waals surface area contributed by atoms with Gasteiger partial charge in [-0.15, -0.1) is 0 Å². The van der Waals surface area contributed by atoms with E-state index in [9.17, 15) is 13.2 Å². The van der Waals surface area contributed by atoms with Crippen molar-refractivity contribution in [2.75, 3.05) is 39.3 Å². The van der Waals surface area contributed by atoms with Gasteiger partial charge in [0.2, 0.25) is 0 Å². The van der Waals surface area contributed by atoms with Crippen molar-refractivity contribution in [3.8, 4) is 0 Å². The van der Waals surface area contributed by atoms with E-state index in [0.717, 1.165) is 12.8 Å². The highest BCUT2D eigenvalue weighted by molar-refractivity contribution is 7.91. The maximum Gasteiger partial charge on any atom is 0.327 e. The van der Waals surface area contributed by atoms with Gasteiger partial charge in [0.25, 0.3) is 0 Å². The molecule has 0 aromatic heterocycles. The lowest BCUT2D eigenvalue weighted by atomic mass is 9.92. The second-order valence-electron chi connectivity index (χ2n) is 5.96. The molecule has 2 atom stereocenters. The van der Waals surface area contributed by atoms with Crippen molar-refractivity contribution in [2.24, 2.45) is 5.92 Å². The molecule has 1 saturated heterocycles. The van der Waals surface area contributed by atoms with Crippen LogP contribution in [-0.2, 0) is 19.4 Å². The van der Waals surface area contributed by atoms with Crippen LogP contribution in [0.1, 0.15) is 19.3 Å². The third-order valence-electron chi connectivity index (χ3n) is 4.60. The molecular weight excluding hydrogens is 280 g/mol. The van der Waals surface area contributed by atoms with Gasteiger partial charge < -0.3 is 10.1 Å². The normalized spacial score (nSPS) is 28.3. The monoisotopic (exact) mass is 304 g/mol. The van der Waals surface area contributed by atoms with E-state index in [-0.39, 0.29) is 29.4 Å². The van der Waals surface area contributed by atoms with Gasteiger partial charge in [0, 0.05) is 12.6 Å². The highest BCUT2D eigenvalue weighted by Crippen LogP contribution is 2.41. The summed E-state index contributed by atoms with van der Waals surface area (Å²) in [5.41, 5.74) is -0.712. The fourth-order valence-corrected chi connectivity index (χ4v) is 4.95. The number of methoxy groups -OCH3 is 1. The van der Waals surface area contributed by atoms with Gasteiger partial charge in [-0.05, 0) is 39.3 Å². The first-order valence-corrected chi connectivity index (χ1v) is 8.85. The Labute approximate surface area is 120 Å². The summed E-state index contributed by atoms with van der Waals surface area (Å²) < 4.78 is 28.1. The van der Waals surface area contributed by atoms with Gasteiger partial charge in [0.1, 0.15) is 5.54 Å². The number of likely N-dealkylation sites (N-methyl/N-ethyl adjacent to an activating group) is 2. The van der Waals surface area contributed by atoms with Crippen LogP contribution in [0.2, 0.25) is 0 Å². The predicted octanol–water partition coefficient (Wildman–Crippen LogP) is -0.353. The van der Waals surface area contributed by atoms with E-state index >= 15 is 0 Å². The fourth-order valence-electron chi connectivity index (χ4n) is 3.15. The van der Waals surface area contributed by atoms with Crippen LogP contribution in [0.15, 0.2) is 0 Å². The van der Waals surface area contributed by atoms with Crippen LogP contribution in [-0.4, -0.2) is 70.1 Å². The Morgan fingerprint density at radius 1 is 1.40 bits per heavy atom. The zero-order valence-electron chi connectivity index (χ0n) is 12.4. The van der Waals surface area contributed by atoms with Gasteiger partial charge in [-0.25, -0.2) is 13.2 Å². The molecule has 2 unspecified atom stereocenters. The van der Waals surface area contributed by atoms with E-state index in [1.54, 1.807) is 7.05 Å². The number of esters is 1. The molecule has 6 nitrogen and oxygen atoms in total.